The van der Waals surface area contributed by atoms with Gasteiger partial charge in [-0.3, -0.25) is 4.90 Å². The second kappa shape index (κ2) is 9.65. The number of nitrogens with zero attached hydrogens (tertiary/aromatic N) is 3. The molecule has 2 aliphatic heterocycles. The minimum atomic E-state index is 0.331. The minimum Gasteiger partial charge on any atom is -0.396 e. The van der Waals surface area contributed by atoms with Crippen molar-refractivity contribution >= 4 is 11.3 Å². The molecular formula is C21H37N3OS. The van der Waals surface area contributed by atoms with Crippen LogP contribution in [0.4, 0.5) is 0 Å². The van der Waals surface area contributed by atoms with Crippen LogP contribution >= 0.6 is 11.3 Å². The van der Waals surface area contributed by atoms with Gasteiger partial charge in [0.15, 0.2) is 0 Å². The van der Waals surface area contributed by atoms with Gasteiger partial charge in [-0.1, -0.05) is 13.8 Å². The number of likely N-dealkylation sites (N-methyl/N-ethyl adjacent to an activating group) is 1. The van der Waals surface area contributed by atoms with E-state index in [1.54, 1.807) is 0 Å². The van der Waals surface area contributed by atoms with Crippen molar-refractivity contribution in [2.75, 3.05) is 59.5 Å². The lowest BCUT2D eigenvalue weighted by atomic mass is 9.96. The summed E-state index contributed by atoms with van der Waals surface area (Å²) in [6, 6.07) is 4.62. The molecular weight excluding hydrogens is 342 g/mol. The molecule has 3 heterocycles. The monoisotopic (exact) mass is 379 g/mol. The molecule has 1 aromatic rings. The summed E-state index contributed by atoms with van der Waals surface area (Å²) in [5.41, 5.74) is 0. The zero-order valence-corrected chi connectivity index (χ0v) is 17.7. The van der Waals surface area contributed by atoms with Crippen molar-refractivity contribution in [1.82, 2.24) is 14.7 Å². The van der Waals surface area contributed by atoms with Gasteiger partial charge >= 0.3 is 0 Å². The third-order valence-electron chi connectivity index (χ3n) is 5.90. The quantitative estimate of drug-likeness (QED) is 0.789. The topological polar surface area (TPSA) is 30.0 Å². The van der Waals surface area contributed by atoms with Crippen LogP contribution in [0, 0.1) is 17.8 Å². The molecule has 1 aromatic heterocycles. The van der Waals surface area contributed by atoms with Crippen molar-refractivity contribution < 1.29 is 5.11 Å². The highest BCUT2D eigenvalue weighted by Gasteiger charge is 2.33. The molecule has 0 amide bonds. The Hall–Kier alpha value is -0.460. The average molecular weight is 380 g/mol. The van der Waals surface area contributed by atoms with E-state index in [1.807, 2.05) is 11.3 Å². The summed E-state index contributed by atoms with van der Waals surface area (Å²) in [7, 11) is 2.23. The van der Waals surface area contributed by atoms with Crippen LogP contribution in [0.25, 0.3) is 0 Å². The number of likely N-dealkylation sites (tertiary alicyclic amines) is 1. The molecule has 5 heteroatoms. The largest absolute Gasteiger partial charge is 0.396 e. The maximum Gasteiger partial charge on any atom is 0.0475 e. The molecule has 0 aromatic carbocycles. The summed E-state index contributed by atoms with van der Waals surface area (Å²) in [6.45, 7) is 14.1. The lowest BCUT2D eigenvalue weighted by Crippen LogP contribution is -2.36. The molecule has 1 N–H and O–H groups in total. The van der Waals surface area contributed by atoms with Crippen LogP contribution in [0.1, 0.15) is 30.0 Å². The Labute approximate surface area is 163 Å². The van der Waals surface area contributed by atoms with Crippen LogP contribution in [0.15, 0.2) is 12.1 Å². The molecule has 2 saturated heterocycles. The van der Waals surface area contributed by atoms with Crippen molar-refractivity contribution in [1.29, 1.82) is 0 Å². The fraction of sp³-hybridized carbons (Fsp3) is 0.810. The Kier molecular flexibility index (Phi) is 7.53. The summed E-state index contributed by atoms with van der Waals surface area (Å²) in [4.78, 5) is 10.6. The Balaban J connectivity index is 1.52. The lowest BCUT2D eigenvalue weighted by molar-refractivity contribution is 0.165. The average Bonchev–Trinajstić information content (AvgIpc) is 3.12. The van der Waals surface area contributed by atoms with E-state index in [9.17, 15) is 5.11 Å². The number of aliphatic hydroxyl groups is 1. The van der Waals surface area contributed by atoms with E-state index in [1.165, 1.54) is 48.8 Å². The van der Waals surface area contributed by atoms with Crippen molar-refractivity contribution in [3.63, 3.8) is 0 Å². The van der Waals surface area contributed by atoms with Gasteiger partial charge in [0, 0.05) is 55.6 Å². The van der Waals surface area contributed by atoms with Crippen molar-refractivity contribution in [3.8, 4) is 0 Å². The Bertz CT molecular complexity index is 547. The number of hydrogen-bond donors (Lipinski definition) is 1. The van der Waals surface area contributed by atoms with Crippen LogP contribution in [0.3, 0.4) is 0 Å². The standard InChI is InChI=1S/C21H37N3OS/c1-17(2)11-20-5-6-21(26-20)15-24-13-18(19(14-24)16-25)12-23-8-4-7-22(3)9-10-23/h5-6,17-19,25H,4,7-16H2,1-3H3/t18-,19-/m1/s1. The van der Waals surface area contributed by atoms with Crippen LogP contribution in [0.2, 0.25) is 0 Å². The molecule has 0 unspecified atom stereocenters. The predicted molar refractivity (Wildman–Crippen MR) is 111 cm³/mol. The summed E-state index contributed by atoms with van der Waals surface area (Å²) in [6.07, 6.45) is 2.46. The molecule has 4 nitrogen and oxygen atoms in total. The van der Waals surface area contributed by atoms with E-state index in [0.717, 1.165) is 32.1 Å². The molecule has 148 valence electrons. The maximum absolute atomic E-state index is 9.90. The number of thiophene rings is 1. The van der Waals surface area contributed by atoms with Crippen LogP contribution in [-0.4, -0.2) is 79.3 Å². The van der Waals surface area contributed by atoms with Gasteiger partial charge in [0.2, 0.25) is 0 Å². The number of rotatable bonds is 7. The first-order chi connectivity index (χ1) is 12.5. The second-order valence-electron chi connectivity index (χ2n) is 8.82. The van der Waals surface area contributed by atoms with Gasteiger partial charge in [-0.05, 0) is 62.9 Å². The normalized spacial score (nSPS) is 26.7. The predicted octanol–water partition coefficient (Wildman–Crippen LogP) is 2.62. The highest BCUT2D eigenvalue weighted by Crippen LogP contribution is 2.28. The third-order valence-corrected chi connectivity index (χ3v) is 6.99. The minimum absolute atomic E-state index is 0.331. The van der Waals surface area contributed by atoms with Gasteiger partial charge in [0.05, 0.1) is 0 Å². The molecule has 0 radical (unpaired) electrons. The molecule has 0 spiro atoms. The summed E-state index contributed by atoms with van der Waals surface area (Å²) < 4.78 is 0. The van der Waals surface area contributed by atoms with Crippen LogP contribution in [-0.2, 0) is 13.0 Å². The van der Waals surface area contributed by atoms with Gasteiger partial charge in [0.1, 0.15) is 0 Å². The van der Waals surface area contributed by atoms with E-state index >= 15 is 0 Å². The molecule has 3 rings (SSSR count). The van der Waals surface area contributed by atoms with Gasteiger partial charge in [-0.25, -0.2) is 0 Å². The van der Waals surface area contributed by atoms with Crippen LogP contribution in [0.5, 0.6) is 0 Å². The second-order valence-corrected chi connectivity index (χ2v) is 10.1. The summed E-state index contributed by atoms with van der Waals surface area (Å²) >= 11 is 1.98. The zero-order chi connectivity index (χ0) is 18.5. The molecule has 0 aliphatic carbocycles. The van der Waals surface area contributed by atoms with Gasteiger partial charge in [-0.2, -0.15) is 0 Å². The number of hydrogen-bond acceptors (Lipinski definition) is 5. The molecule has 2 aliphatic rings. The van der Waals surface area contributed by atoms with E-state index in [2.05, 4.69) is 47.7 Å². The van der Waals surface area contributed by atoms with Crippen molar-refractivity contribution in [2.24, 2.45) is 17.8 Å². The fourth-order valence-corrected chi connectivity index (χ4v) is 5.71. The molecule has 2 atom stereocenters. The SMILES string of the molecule is CC(C)Cc1ccc(CN2C[C@@H](CN3CCCN(C)CC3)[C@@H](CO)C2)s1. The lowest BCUT2D eigenvalue weighted by Gasteiger charge is -2.26. The molecule has 0 saturated carbocycles. The zero-order valence-electron chi connectivity index (χ0n) is 16.9. The summed E-state index contributed by atoms with van der Waals surface area (Å²) in [5.74, 6) is 1.77. The first-order valence-corrected chi connectivity index (χ1v) is 11.2. The molecule has 0 bridgehead atoms. The Morgan fingerprint density at radius 1 is 1.04 bits per heavy atom. The smallest absolute Gasteiger partial charge is 0.0475 e. The van der Waals surface area contributed by atoms with Gasteiger partial charge < -0.3 is 14.9 Å². The van der Waals surface area contributed by atoms with E-state index < -0.39 is 0 Å². The third kappa shape index (κ3) is 5.77. The van der Waals surface area contributed by atoms with Gasteiger partial charge in [0.25, 0.3) is 0 Å². The van der Waals surface area contributed by atoms with E-state index in [-0.39, 0.29) is 0 Å². The number of aliphatic hydroxyl groups excluding tert-OH is 1. The first kappa shape index (κ1) is 20.3. The summed E-state index contributed by atoms with van der Waals surface area (Å²) in [5, 5.41) is 9.90. The van der Waals surface area contributed by atoms with E-state index in [4.69, 9.17) is 0 Å². The Morgan fingerprint density at radius 3 is 2.58 bits per heavy atom. The fourth-order valence-electron chi connectivity index (χ4n) is 4.43. The highest BCUT2D eigenvalue weighted by molar-refractivity contribution is 7.11. The van der Waals surface area contributed by atoms with Gasteiger partial charge in [-0.15, -0.1) is 11.3 Å². The van der Waals surface area contributed by atoms with Crippen LogP contribution < -0.4 is 0 Å². The highest BCUT2D eigenvalue weighted by atomic mass is 32.1. The molecule has 26 heavy (non-hydrogen) atoms. The first-order valence-electron chi connectivity index (χ1n) is 10.3. The van der Waals surface area contributed by atoms with Crippen molar-refractivity contribution in [3.05, 3.63) is 21.9 Å². The molecule has 2 fully saturated rings. The maximum atomic E-state index is 9.90. The van der Waals surface area contributed by atoms with Crippen molar-refractivity contribution in [2.45, 2.75) is 33.2 Å². The van der Waals surface area contributed by atoms with E-state index in [0.29, 0.717) is 18.4 Å². The Morgan fingerprint density at radius 2 is 1.81 bits per heavy atom.